The summed E-state index contributed by atoms with van der Waals surface area (Å²) < 4.78 is 14.7. The first-order chi connectivity index (χ1) is 9.54. The van der Waals surface area contributed by atoms with Crippen molar-refractivity contribution in [3.05, 3.63) is 68.0 Å². The predicted molar refractivity (Wildman–Crippen MR) is 90.6 cm³/mol. The third-order valence-electron chi connectivity index (χ3n) is 3.47. The highest BCUT2D eigenvalue weighted by molar-refractivity contribution is 14.1. The Kier molecular flexibility index (Phi) is 5.16. The molecule has 0 spiro atoms. The highest BCUT2D eigenvalue weighted by atomic mass is 127. The molecule has 0 aliphatic heterocycles. The number of benzene rings is 2. The van der Waals surface area contributed by atoms with Crippen molar-refractivity contribution >= 4 is 22.6 Å². The lowest BCUT2D eigenvalue weighted by Gasteiger charge is -2.24. The van der Waals surface area contributed by atoms with Crippen molar-refractivity contribution in [2.75, 3.05) is 6.54 Å². The minimum atomic E-state index is -0.165. The minimum absolute atomic E-state index is 0.105. The highest BCUT2D eigenvalue weighted by Crippen LogP contribution is 2.31. The Bertz CT molecular complexity index is 587. The highest BCUT2D eigenvalue weighted by Gasteiger charge is 2.19. The Morgan fingerprint density at radius 1 is 1.15 bits per heavy atom. The molecule has 0 aliphatic rings. The average Bonchev–Trinajstić information content (AvgIpc) is 2.37. The lowest BCUT2D eigenvalue weighted by molar-refractivity contribution is 0.605. The van der Waals surface area contributed by atoms with Gasteiger partial charge in [0.2, 0.25) is 0 Å². The number of hydrogen-bond donors (Lipinski definition) is 1. The molecule has 1 nitrogen and oxygen atoms in total. The van der Waals surface area contributed by atoms with Crippen LogP contribution < -0.4 is 5.32 Å². The van der Waals surface area contributed by atoms with Crippen LogP contribution in [0.15, 0.2) is 36.4 Å². The van der Waals surface area contributed by atoms with Gasteiger partial charge < -0.3 is 5.32 Å². The summed E-state index contributed by atoms with van der Waals surface area (Å²) in [5.41, 5.74) is 4.41. The van der Waals surface area contributed by atoms with E-state index in [2.05, 4.69) is 53.0 Å². The molecule has 20 heavy (non-hydrogen) atoms. The predicted octanol–water partition coefficient (Wildman–Crippen LogP) is 4.75. The molecule has 0 saturated heterocycles. The van der Waals surface area contributed by atoms with E-state index in [1.54, 1.807) is 12.1 Å². The molecule has 3 heteroatoms. The number of aryl methyl sites for hydroxylation is 2. The molecule has 2 aromatic rings. The maximum absolute atomic E-state index is 13.5. The molecule has 0 heterocycles. The third kappa shape index (κ3) is 3.20. The van der Waals surface area contributed by atoms with E-state index in [0.717, 1.165) is 17.7 Å². The molecule has 0 aromatic heterocycles. The van der Waals surface area contributed by atoms with Gasteiger partial charge in [0.25, 0.3) is 0 Å². The summed E-state index contributed by atoms with van der Waals surface area (Å²) >= 11 is 2.36. The summed E-state index contributed by atoms with van der Waals surface area (Å²) in [7, 11) is 0. The molecule has 106 valence electrons. The second-order valence-electron chi connectivity index (χ2n) is 4.97. The maximum Gasteiger partial charge on any atom is 0.123 e. The van der Waals surface area contributed by atoms with Crippen LogP contribution in [0.5, 0.6) is 0 Å². The Labute approximate surface area is 133 Å². The SMILES string of the molecule is CCNC(c1ccccc1I)c1c(C)cc(F)cc1C. The fraction of sp³-hybridized carbons (Fsp3) is 0.294. The molecule has 0 bridgehead atoms. The first-order valence-corrected chi connectivity index (χ1v) is 7.87. The van der Waals surface area contributed by atoms with Gasteiger partial charge in [-0.05, 0) is 83.4 Å². The number of hydrogen-bond acceptors (Lipinski definition) is 1. The van der Waals surface area contributed by atoms with E-state index in [1.165, 1.54) is 14.7 Å². The van der Waals surface area contributed by atoms with Gasteiger partial charge in [0.05, 0.1) is 6.04 Å². The smallest absolute Gasteiger partial charge is 0.123 e. The molecule has 0 aliphatic carbocycles. The van der Waals surface area contributed by atoms with E-state index in [9.17, 15) is 4.39 Å². The Balaban J connectivity index is 2.58. The second kappa shape index (κ2) is 6.68. The Morgan fingerprint density at radius 2 is 1.75 bits per heavy atom. The fourth-order valence-electron chi connectivity index (χ4n) is 2.66. The van der Waals surface area contributed by atoms with Gasteiger partial charge in [-0.1, -0.05) is 25.1 Å². The van der Waals surface area contributed by atoms with Crippen molar-refractivity contribution in [3.8, 4) is 0 Å². The average molecular weight is 383 g/mol. The maximum atomic E-state index is 13.5. The van der Waals surface area contributed by atoms with Crippen LogP contribution in [0.25, 0.3) is 0 Å². The third-order valence-corrected chi connectivity index (χ3v) is 4.45. The van der Waals surface area contributed by atoms with Gasteiger partial charge in [0.1, 0.15) is 5.82 Å². The first-order valence-electron chi connectivity index (χ1n) is 6.79. The fourth-order valence-corrected chi connectivity index (χ4v) is 3.36. The zero-order chi connectivity index (χ0) is 14.7. The van der Waals surface area contributed by atoms with Crippen LogP contribution in [0.2, 0.25) is 0 Å². The summed E-state index contributed by atoms with van der Waals surface area (Å²) in [6.07, 6.45) is 0. The number of nitrogens with one attached hydrogen (secondary N) is 1. The summed E-state index contributed by atoms with van der Waals surface area (Å²) in [4.78, 5) is 0. The number of halogens is 2. The summed E-state index contributed by atoms with van der Waals surface area (Å²) in [6, 6.07) is 11.7. The number of rotatable bonds is 4. The van der Waals surface area contributed by atoms with Gasteiger partial charge in [0, 0.05) is 3.57 Å². The van der Waals surface area contributed by atoms with Gasteiger partial charge in [0.15, 0.2) is 0 Å². The van der Waals surface area contributed by atoms with Gasteiger partial charge in [-0.2, -0.15) is 0 Å². The quantitative estimate of drug-likeness (QED) is 0.752. The van der Waals surface area contributed by atoms with E-state index in [-0.39, 0.29) is 11.9 Å². The molecular weight excluding hydrogens is 364 g/mol. The molecule has 0 saturated carbocycles. The van der Waals surface area contributed by atoms with Crippen molar-refractivity contribution in [1.82, 2.24) is 5.32 Å². The summed E-state index contributed by atoms with van der Waals surface area (Å²) in [5, 5.41) is 3.53. The summed E-state index contributed by atoms with van der Waals surface area (Å²) in [5.74, 6) is -0.165. The van der Waals surface area contributed by atoms with Crippen LogP contribution in [0, 0.1) is 23.2 Å². The first kappa shape index (κ1) is 15.4. The molecule has 2 aromatic carbocycles. The van der Waals surface area contributed by atoms with E-state index in [4.69, 9.17) is 0 Å². The standard InChI is InChI=1S/C17H19FIN/c1-4-20-17(14-7-5-6-8-15(14)19)16-11(2)9-13(18)10-12(16)3/h5-10,17,20H,4H2,1-3H3. The normalized spacial score (nSPS) is 12.4. The molecule has 1 unspecified atom stereocenters. The van der Waals surface area contributed by atoms with Gasteiger partial charge in [-0.15, -0.1) is 0 Å². The molecule has 1 atom stereocenters. The molecule has 0 radical (unpaired) electrons. The lowest BCUT2D eigenvalue weighted by Crippen LogP contribution is -2.24. The van der Waals surface area contributed by atoms with Crippen LogP contribution in [0.1, 0.15) is 35.2 Å². The molecule has 0 amide bonds. The van der Waals surface area contributed by atoms with E-state index >= 15 is 0 Å². The van der Waals surface area contributed by atoms with E-state index in [1.807, 2.05) is 19.9 Å². The van der Waals surface area contributed by atoms with Gasteiger partial charge >= 0.3 is 0 Å². The molecular formula is C17H19FIN. The van der Waals surface area contributed by atoms with Crippen molar-refractivity contribution in [2.45, 2.75) is 26.8 Å². The van der Waals surface area contributed by atoms with Crippen molar-refractivity contribution in [1.29, 1.82) is 0 Å². The van der Waals surface area contributed by atoms with Crippen LogP contribution in [0.3, 0.4) is 0 Å². The monoisotopic (exact) mass is 383 g/mol. The topological polar surface area (TPSA) is 12.0 Å². The Morgan fingerprint density at radius 3 is 2.30 bits per heavy atom. The van der Waals surface area contributed by atoms with Crippen LogP contribution in [0.4, 0.5) is 4.39 Å². The molecule has 2 rings (SSSR count). The lowest BCUT2D eigenvalue weighted by atomic mass is 9.91. The van der Waals surface area contributed by atoms with Gasteiger partial charge in [-0.3, -0.25) is 0 Å². The molecule has 1 N–H and O–H groups in total. The van der Waals surface area contributed by atoms with Crippen molar-refractivity contribution in [2.24, 2.45) is 0 Å². The van der Waals surface area contributed by atoms with E-state index < -0.39 is 0 Å². The summed E-state index contributed by atoms with van der Waals surface area (Å²) in [6.45, 7) is 6.92. The second-order valence-corrected chi connectivity index (χ2v) is 6.13. The molecule has 0 fully saturated rings. The van der Waals surface area contributed by atoms with Crippen molar-refractivity contribution in [3.63, 3.8) is 0 Å². The van der Waals surface area contributed by atoms with Gasteiger partial charge in [-0.25, -0.2) is 4.39 Å². The largest absolute Gasteiger partial charge is 0.306 e. The minimum Gasteiger partial charge on any atom is -0.306 e. The van der Waals surface area contributed by atoms with Crippen LogP contribution >= 0.6 is 22.6 Å². The van der Waals surface area contributed by atoms with E-state index in [0.29, 0.717) is 0 Å². The van der Waals surface area contributed by atoms with Crippen LogP contribution in [-0.4, -0.2) is 6.54 Å². The zero-order valence-electron chi connectivity index (χ0n) is 12.0. The zero-order valence-corrected chi connectivity index (χ0v) is 14.2. The van der Waals surface area contributed by atoms with Crippen molar-refractivity contribution < 1.29 is 4.39 Å². The Hall–Kier alpha value is -0.940. The van der Waals surface area contributed by atoms with Crippen LogP contribution in [-0.2, 0) is 0 Å².